The van der Waals surface area contributed by atoms with E-state index in [0.29, 0.717) is 17.3 Å². The van der Waals surface area contributed by atoms with Gasteiger partial charge in [0, 0.05) is 5.56 Å². The molecule has 0 spiro atoms. The zero-order chi connectivity index (χ0) is 17.3. The summed E-state index contributed by atoms with van der Waals surface area (Å²) in [6.45, 7) is 0.834. The fourth-order valence-electron chi connectivity index (χ4n) is 2.15. The minimum absolute atomic E-state index is 0.0324. The Morgan fingerprint density at radius 1 is 1.48 bits per heavy atom. The summed E-state index contributed by atoms with van der Waals surface area (Å²) in [7, 11) is 0. The minimum Gasteiger partial charge on any atom is -0.304 e. The Balaban J connectivity index is 2.29. The number of thioether (sulfide) groups is 1. The van der Waals surface area contributed by atoms with Gasteiger partial charge in [-0.15, -0.1) is 6.42 Å². The van der Waals surface area contributed by atoms with Gasteiger partial charge in [0.05, 0.1) is 6.04 Å². The van der Waals surface area contributed by atoms with Crippen molar-refractivity contribution in [1.29, 1.82) is 0 Å². The molecule has 1 aliphatic rings. The van der Waals surface area contributed by atoms with Crippen molar-refractivity contribution < 1.29 is 18.0 Å². The molecule has 2 atom stereocenters. The molecule has 1 N–H and O–H groups in total. The van der Waals surface area contributed by atoms with Gasteiger partial charge in [-0.3, -0.25) is 9.79 Å². The van der Waals surface area contributed by atoms with E-state index in [0.717, 1.165) is 12.5 Å². The molecule has 23 heavy (non-hydrogen) atoms. The average Bonchev–Trinajstić information content (AvgIpc) is 2.82. The van der Waals surface area contributed by atoms with Gasteiger partial charge in [0.25, 0.3) is 5.92 Å². The summed E-state index contributed by atoms with van der Waals surface area (Å²) in [6.07, 6.45) is 5.42. The first-order chi connectivity index (χ1) is 10.7. The number of nitrogens with zero attached hydrogens (tertiary/aromatic N) is 1. The molecule has 0 radical (unpaired) electrons. The van der Waals surface area contributed by atoms with Gasteiger partial charge in [-0.2, -0.15) is 0 Å². The predicted octanol–water partition coefficient (Wildman–Crippen LogP) is 3.31. The number of hydrogen-bond acceptors (Lipinski definition) is 3. The van der Waals surface area contributed by atoms with E-state index < -0.39 is 29.3 Å². The average molecular weight is 340 g/mol. The van der Waals surface area contributed by atoms with Crippen LogP contribution in [0.3, 0.4) is 0 Å². The second-order valence-corrected chi connectivity index (χ2v) is 6.68. The Morgan fingerprint density at radius 3 is 2.74 bits per heavy atom. The first-order valence-electron chi connectivity index (χ1n) is 6.83. The van der Waals surface area contributed by atoms with Crippen LogP contribution in [-0.4, -0.2) is 28.4 Å². The molecule has 7 heteroatoms. The van der Waals surface area contributed by atoms with E-state index in [1.807, 2.05) is 0 Å². The first kappa shape index (κ1) is 17.4. The molecule has 0 saturated carbocycles. The van der Waals surface area contributed by atoms with E-state index in [2.05, 4.69) is 16.2 Å². The van der Waals surface area contributed by atoms with Crippen molar-refractivity contribution in [2.24, 2.45) is 4.99 Å². The third-order valence-corrected chi connectivity index (χ3v) is 4.99. The highest BCUT2D eigenvalue weighted by atomic mass is 32.2. The molecule has 1 unspecified atom stereocenters. The second kappa shape index (κ2) is 6.28. The summed E-state index contributed by atoms with van der Waals surface area (Å²) in [5.74, 6) is -2.21. The molecule has 2 rings (SSSR count). The number of benzene rings is 1. The largest absolute Gasteiger partial charge is 0.304 e. The van der Waals surface area contributed by atoms with Crippen LogP contribution >= 0.6 is 11.8 Å². The van der Waals surface area contributed by atoms with Crippen LogP contribution in [0.2, 0.25) is 0 Å². The van der Waals surface area contributed by atoms with Crippen molar-refractivity contribution in [3.8, 4) is 12.3 Å². The van der Waals surface area contributed by atoms with E-state index >= 15 is 0 Å². The van der Waals surface area contributed by atoms with Gasteiger partial charge in [-0.25, -0.2) is 13.2 Å². The van der Waals surface area contributed by atoms with Crippen LogP contribution in [0.15, 0.2) is 29.3 Å². The van der Waals surface area contributed by atoms with Crippen molar-refractivity contribution in [2.75, 3.05) is 6.67 Å². The quantitative estimate of drug-likeness (QED) is 0.855. The molecule has 1 aromatic rings. The number of nitrogens with one attached hydrogen (secondary N) is 1. The molecule has 0 aliphatic carbocycles. The summed E-state index contributed by atoms with van der Waals surface area (Å²) >= 11 is 0.537. The Labute approximate surface area is 136 Å². The molecule has 0 bridgehead atoms. The number of rotatable bonds is 4. The molecule has 1 heterocycles. The Morgan fingerprint density at radius 2 is 2.13 bits per heavy atom. The van der Waals surface area contributed by atoms with Crippen LogP contribution in [0.4, 0.5) is 13.2 Å². The zero-order valence-corrected chi connectivity index (χ0v) is 13.4. The smallest absolute Gasteiger partial charge is 0.299 e. The highest BCUT2D eigenvalue weighted by Crippen LogP contribution is 2.44. The van der Waals surface area contributed by atoms with Crippen LogP contribution < -0.4 is 5.32 Å². The standard InChI is InChI=1S/C16H15F3N2OS/c1-4-11-7-5-6-8-12(11)10(2)20-14-21-13(22)15(3,23-14)16(18,19)9-17/h1,5-8,10H,9H2,2-3H3,(H,20,21,22)/t10-,15?/m0/s1. The number of alkyl halides is 3. The van der Waals surface area contributed by atoms with Gasteiger partial charge in [0.15, 0.2) is 16.6 Å². The number of amidine groups is 1. The number of halogens is 3. The molecule has 1 amide bonds. The predicted molar refractivity (Wildman–Crippen MR) is 85.3 cm³/mol. The van der Waals surface area contributed by atoms with E-state index in [1.165, 1.54) is 0 Å². The lowest BCUT2D eigenvalue weighted by atomic mass is 10.0. The van der Waals surface area contributed by atoms with Gasteiger partial charge in [0.2, 0.25) is 5.91 Å². The van der Waals surface area contributed by atoms with E-state index in [1.54, 1.807) is 31.2 Å². The van der Waals surface area contributed by atoms with Crippen molar-refractivity contribution >= 4 is 22.8 Å². The van der Waals surface area contributed by atoms with Gasteiger partial charge in [0.1, 0.15) is 0 Å². The molecular weight excluding hydrogens is 325 g/mol. The molecule has 1 aliphatic heterocycles. The van der Waals surface area contributed by atoms with Crippen LogP contribution in [0.1, 0.15) is 31.0 Å². The van der Waals surface area contributed by atoms with Crippen LogP contribution in [-0.2, 0) is 4.79 Å². The van der Waals surface area contributed by atoms with Crippen LogP contribution in [0.25, 0.3) is 0 Å². The zero-order valence-electron chi connectivity index (χ0n) is 12.6. The third-order valence-electron chi connectivity index (χ3n) is 3.70. The second-order valence-electron chi connectivity index (χ2n) is 5.27. The van der Waals surface area contributed by atoms with E-state index in [4.69, 9.17) is 6.42 Å². The maximum atomic E-state index is 13.7. The Hall–Kier alpha value is -1.94. The van der Waals surface area contributed by atoms with Crippen molar-refractivity contribution in [2.45, 2.75) is 30.6 Å². The first-order valence-corrected chi connectivity index (χ1v) is 7.64. The Bertz CT molecular complexity index is 699. The normalized spacial score (nSPS) is 24.3. The maximum Gasteiger partial charge on any atom is 0.299 e. The molecule has 1 aromatic carbocycles. The summed E-state index contributed by atoms with van der Waals surface area (Å²) in [5.41, 5.74) is 1.37. The van der Waals surface area contributed by atoms with Gasteiger partial charge >= 0.3 is 0 Å². The molecule has 0 aromatic heterocycles. The lowest BCUT2D eigenvalue weighted by Crippen LogP contribution is -2.50. The molecule has 122 valence electrons. The molecular formula is C16H15F3N2OS. The Kier molecular flexibility index (Phi) is 4.76. The number of hydrogen-bond donors (Lipinski definition) is 1. The number of aliphatic imine (C=N–C) groups is 1. The van der Waals surface area contributed by atoms with Gasteiger partial charge in [-0.05, 0) is 25.5 Å². The number of carbonyl (C=O) groups is 1. The van der Waals surface area contributed by atoms with Crippen molar-refractivity contribution in [3.63, 3.8) is 0 Å². The fourth-order valence-corrected chi connectivity index (χ4v) is 3.24. The number of carbonyl (C=O) groups excluding carboxylic acids is 1. The molecule has 1 fully saturated rings. The van der Waals surface area contributed by atoms with Crippen LogP contribution in [0, 0.1) is 12.3 Å². The number of amides is 1. The third kappa shape index (κ3) is 3.08. The monoisotopic (exact) mass is 340 g/mol. The maximum absolute atomic E-state index is 13.7. The highest BCUT2D eigenvalue weighted by molar-refractivity contribution is 8.16. The minimum atomic E-state index is -3.78. The van der Waals surface area contributed by atoms with Gasteiger partial charge < -0.3 is 5.32 Å². The molecule has 1 saturated heterocycles. The SMILES string of the molecule is C#Cc1ccccc1[C@H](C)N=C1NC(=O)C(C)(C(F)(F)CF)S1. The summed E-state index contributed by atoms with van der Waals surface area (Å²) < 4.78 is 37.8. The summed E-state index contributed by atoms with van der Waals surface area (Å²) in [4.78, 5) is 16.1. The summed E-state index contributed by atoms with van der Waals surface area (Å²) in [5, 5.41) is 2.33. The lowest BCUT2D eigenvalue weighted by molar-refractivity contribution is -0.133. The molecule has 3 nitrogen and oxygen atoms in total. The van der Waals surface area contributed by atoms with E-state index in [9.17, 15) is 18.0 Å². The van der Waals surface area contributed by atoms with Gasteiger partial charge in [-0.1, -0.05) is 35.9 Å². The summed E-state index contributed by atoms with van der Waals surface area (Å²) in [6, 6.07) is 6.65. The van der Waals surface area contributed by atoms with Crippen molar-refractivity contribution in [1.82, 2.24) is 5.32 Å². The van der Waals surface area contributed by atoms with E-state index in [-0.39, 0.29) is 5.17 Å². The lowest BCUT2D eigenvalue weighted by Gasteiger charge is -2.26. The highest BCUT2D eigenvalue weighted by Gasteiger charge is 2.60. The van der Waals surface area contributed by atoms with Crippen molar-refractivity contribution in [3.05, 3.63) is 35.4 Å². The number of terminal acetylenes is 1. The topological polar surface area (TPSA) is 41.5 Å². The fraction of sp³-hybridized carbons (Fsp3) is 0.375. The van der Waals surface area contributed by atoms with Crippen LogP contribution in [0.5, 0.6) is 0 Å².